The number of likely N-dealkylation sites (tertiary alicyclic amines) is 1. The second-order valence-electron chi connectivity index (χ2n) is 6.37. The van der Waals surface area contributed by atoms with Gasteiger partial charge in [-0.1, -0.05) is 25.0 Å². The van der Waals surface area contributed by atoms with Crippen molar-refractivity contribution in [2.75, 3.05) is 26.2 Å². The molecule has 0 spiro atoms. The summed E-state index contributed by atoms with van der Waals surface area (Å²) in [5, 5.41) is 3.45. The van der Waals surface area contributed by atoms with Crippen LogP contribution in [0.2, 0.25) is 0 Å². The molecule has 1 aromatic carbocycles. The van der Waals surface area contributed by atoms with Crippen molar-refractivity contribution in [3.05, 3.63) is 35.4 Å². The molecule has 3 nitrogen and oxygen atoms in total. The summed E-state index contributed by atoms with van der Waals surface area (Å²) in [4.78, 5) is 14.6. The Labute approximate surface area is 127 Å². The van der Waals surface area contributed by atoms with E-state index >= 15 is 0 Å². The molecule has 2 aliphatic rings. The van der Waals surface area contributed by atoms with Crippen LogP contribution in [0.25, 0.3) is 0 Å². The molecular formula is C18H26N2O. The average Bonchev–Trinajstić information content (AvgIpc) is 2.84. The summed E-state index contributed by atoms with van der Waals surface area (Å²) in [6, 6.07) is 8.36. The number of carbonyl (C=O) groups is 1. The van der Waals surface area contributed by atoms with Gasteiger partial charge in [-0.25, -0.2) is 0 Å². The highest BCUT2D eigenvalue weighted by molar-refractivity contribution is 5.94. The molecule has 0 aromatic heterocycles. The summed E-state index contributed by atoms with van der Waals surface area (Å²) in [7, 11) is 0. The summed E-state index contributed by atoms with van der Waals surface area (Å²) in [5.74, 6) is 0.825. The summed E-state index contributed by atoms with van der Waals surface area (Å²) in [6.07, 6.45) is 7.33. The zero-order valence-corrected chi connectivity index (χ0v) is 12.8. The third kappa shape index (κ3) is 3.65. The topological polar surface area (TPSA) is 32.3 Å². The van der Waals surface area contributed by atoms with Crippen molar-refractivity contribution in [2.24, 2.45) is 0 Å². The Balaban J connectivity index is 1.66. The molecule has 1 N–H and O–H groups in total. The largest absolute Gasteiger partial charge is 0.339 e. The molecule has 0 radical (unpaired) electrons. The van der Waals surface area contributed by atoms with E-state index in [-0.39, 0.29) is 5.91 Å². The second-order valence-corrected chi connectivity index (χ2v) is 6.37. The van der Waals surface area contributed by atoms with Crippen LogP contribution in [0.15, 0.2) is 24.3 Å². The Kier molecular flexibility index (Phi) is 4.91. The lowest BCUT2D eigenvalue weighted by atomic mass is 9.91. The summed E-state index contributed by atoms with van der Waals surface area (Å²) >= 11 is 0. The van der Waals surface area contributed by atoms with Crippen molar-refractivity contribution in [2.45, 2.75) is 44.4 Å². The number of piperidine rings is 1. The van der Waals surface area contributed by atoms with Crippen LogP contribution in [-0.2, 0) is 0 Å². The van der Waals surface area contributed by atoms with Gasteiger partial charge in [-0.15, -0.1) is 0 Å². The first-order valence-electron chi connectivity index (χ1n) is 8.44. The van der Waals surface area contributed by atoms with Crippen molar-refractivity contribution in [3.8, 4) is 0 Å². The van der Waals surface area contributed by atoms with E-state index in [0.29, 0.717) is 5.92 Å². The van der Waals surface area contributed by atoms with E-state index in [0.717, 1.165) is 44.6 Å². The molecule has 0 unspecified atom stereocenters. The number of hydrogen-bond donors (Lipinski definition) is 1. The molecule has 2 saturated heterocycles. The molecular weight excluding hydrogens is 260 g/mol. The highest BCUT2D eigenvalue weighted by Crippen LogP contribution is 2.24. The van der Waals surface area contributed by atoms with Gasteiger partial charge in [-0.2, -0.15) is 0 Å². The van der Waals surface area contributed by atoms with Gasteiger partial charge < -0.3 is 10.2 Å². The molecule has 2 heterocycles. The number of rotatable bonds is 2. The van der Waals surface area contributed by atoms with Gasteiger partial charge in [0, 0.05) is 25.2 Å². The van der Waals surface area contributed by atoms with Crippen molar-refractivity contribution >= 4 is 5.91 Å². The zero-order chi connectivity index (χ0) is 14.5. The molecule has 0 bridgehead atoms. The van der Waals surface area contributed by atoms with Crippen LogP contribution in [0.5, 0.6) is 0 Å². The molecule has 0 saturated carbocycles. The number of nitrogens with zero attached hydrogens (tertiary/aromatic N) is 1. The second kappa shape index (κ2) is 7.08. The fourth-order valence-corrected chi connectivity index (χ4v) is 3.49. The summed E-state index contributed by atoms with van der Waals surface area (Å²) < 4.78 is 0. The fourth-order valence-electron chi connectivity index (χ4n) is 3.49. The molecule has 3 rings (SSSR count). The Morgan fingerprint density at radius 3 is 2.33 bits per heavy atom. The van der Waals surface area contributed by atoms with E-state index < -0.39 is 0 Å². The van der Waals surface area contributed by atoms with Gasteiger partial charge in [0.15, 0.2) is 0 Å². The van der Waals surface area contributed by atoms with E-state index in [2.05, 4.69) is 17.4 Å². The maximum Gasteiger partial charge on any atom is 0.253 e. The number of carbonyl (C=O) groups excluding carboxylic acids is 1. The van der Waals surface area contributed by atoms with Crippen molar-refractivity contribution in [3.63, 3.8) is 0 Å². The summed E-state index contributed by atoms with van der Waals surface area (Å²) in [5.41, 5.74) is 2.22. The van der Waals surface area contributed by atoms with Crippen LogP contribution in [0, 0.1) is 0 Å². The van der Waals surface area contributed by atoms with Gasteiger partial charge in [-0.05, 0) is 55.8 Å². The molecule has 2 fully saturated rings. The summed E-state index contributed by atoms with van der Waals surface area (Å²) in [6.45, 7) is 4.06. The van der Waals surface area contributed by atoms with Gasteiger partial charge in [0.1, 0.15) is 0 Å². The molecule has 3 heteroatoms. The smallest absolute Gasteiger partial charge is 0.253 e. The van der Waals surface area contributed by atoms with Crippen LogP contribution in [0.3, 0.4) is 0 Å². The highest BCUT2D eigenvalue weighted by atomic mass is 16.2. The van der Waals surface area contributed by atoms with Crippen LogP contribution >= 0.6 is 0 Å². The number of benzene rings is 1. The quantitative estimate of drug-likeness (QED) is 0.905. The van der Waals surface area contributed by atoms with Crippen molar-refractivity contribution in [1.29, 1.82) is 0 Å². The van der Waals surface area contributed by atoms with Gasteiger partial charge in [0.05, 0.1) is 0 Å². The Hall–Kier alpha value is -1.35. The predicted molar refractivity (Wildman–Crippen MR) is 85.7 cm³/mol. The zero-order valence-electron chi connectivity index (χ0n) is 12.8. The van der Waals surface area contributed by atoms with Crippen molar-refractivity contribution < 1.29 is 4.79 Å². The van der Waals surface area contributed by atoms with Crippen LogP contribution in [0.4, 0.5) is 0 Å². The van der Waals surface area contributed by atoms with Crippen LogP contribution in [-0.4, -0.2) is 37.0 Å². The average molecular weight is 286 g/mol. The number of nitrogens with one attached hydrogen (secondary N) is 1. The van der Waals surface area contributed by atoms with Crippen LogP contribution in [0.1, 0.15) is 60.4 Å². The maximum atomic E-state index is 12.6. The van der Waals surface area contributed by atoms with Gasteiger partial charge in [0.25, 0.3) is 5.91 Å². The van der Waals surface area contributed by atoms with E-state index in [1.54, 1.807) is 0 Å². The highest BCUT2D eigenvalue weighted by Gasteiger charge is 2.19. The SMILES string of the molecule is O=C(c1ccc([C@H]2CCCNC2)cc1)N1CCCCCC1. The molecule has 1 amide bonds. The van der Waals surface area contributed by atoms with Crippen LogP contribution < -0.4 is 5.32 Å². The standard InChI is InChI=1S/C18H26N2O/c21-18(20-12-3-1-2-4-13-20)16-9-7-15(8-10-16)17-6-5-11-19-14-17/h7-10,17,19H,1-6,11-14H2/t17-/m0/s1. The van der Waals surface area contributed by atoms with E-state index in [9.17, 15) is 4.79 Å². The predicted octanol–water partition coefficient (Wildman–Crippen LogP) is 3.17. The molecule has 1 atom stereocenters. The lowest BCUT2D eigenvalue weighted by Gasteiger charge is -2.24. The Bertz CT molecular complexity index is 455. The van der Waals surface area contributed by atoms with Gasteiger partial charge in [-0.3, -0.25) is 4.79 Å². The van der Waals surface area contributed by atoms with E-state index in [4.69, 9.17) is 0 Å². The van der Waals surface area contributed by atoms with E-state index in [1.165, 1.54) is 31.2 Å². The minimum absolute atomic E-state index is 0.213. The monoisotopic (exact) mass is 286 g/mol. The minimum atomic E-state index is 0.213. The van der Waals surface area contributed by atoms with E-state index in [1.807, 2.05) is 17.0 Å². The lowest BCUT2D eigenvalue weighted by Crippen LogP contribution is -2.32. The van der Waals surface area contributed by atoms with Crippen molar-refractivity contribution in [1.82, 2.24) is 10.2 Å². The molecule has 2 aliphatic heterocycles. The minimum Gasteiger partial charge on any atom is -0.339 e. The third-order valence-corrected chi connectivity index (χ3v) is 4.82. The lowest BCUT2D eigenvalue weighted by molar-refractivity contribution is 0.0761. The molecule has 114 valence electrons. The number of amides is 1. The fraction of sp³-hybridized carbons (Fsp3) is 0.611. The molecule has 1 aromatic rings. The first kappa shape index (κ1) is 14.6. The number of hydrogen-bond acceptors (Lipinski definition) is 2. The molecule has 21 heavy (non-hydrogen) atoms. The third-order valence-electron chi connectivity index (χ3n) is 4.82. The first-order valence-corrected chi connectivity index (χ1v) is 8.44. The normalized spacial score (nSPS) is 23.6. The van der Waals surface area contributed by atoms with Gasteiger partial charge in [0.2, 0.25) is 0 Å². The Morgan fingerprint density at radius 1 is 1.00 bits per heavy atom. The first-order chi connectivity index (χ1) is 10.3. The molecule has 0 aliphatic carbocycles. The maximum absolute atomic E-state index is 12.6. The Morgan fingerprint density at radius 2 is 1.71 bits per heavy atom. The van der Waals surface area contributed by atoms with Gasteiger partial charge >= 0.3 is 0 Å².